The number of hydrogen-bond donors (Lipinski definition) is 1. The van der Waals surface area contributed by atoms with E-state index in [9.17, 15) is 19.2 Å². The van der Waals surface area contributed by atoms with Crippen LogP contribution in [0.5, 0.6) is 0 Å². The normalized spacial score (nSPS) is 18.3. The molecule has 1 aromatic heterocycles. The lowest BCUT2D eigenvalue weighted by molar-refractivity contribution is -0.128. The monoisotopic (exact) mass is 429 g/mol. The highest BCUT2D eigenvalue weighted by Gasteiger charge is 2.36. The summed E-state index contributed by atoms with van der Waals surface area (Å²) < 4.78 is 4.97. The number of methoxy groups -OCH3 is 1. The predicted molar refractivity (Wildman–Crippen MR) is 106 cm³/mol. The van der Waals surface area contributed by atoms with Crippen LogP contribution >= 0.6 is 11.3 Å². The number of likely N-dealkylation sites (tertiary alicyclic amines) is 1. The summed E-state index contributed by atoms with van der Waals surface area (Å²) in [4.78, 5) is 52.1. The number of anilines is 1. The van der Waals surface area contributed by atoms with E-state index >= 15 is 0 Å². The molecule has 4 rings (SSSR count). The highest BCUT2D eigenvalue weighted by molar-refractivity contribution is 7.15. The van der Waals surface area contributed by atoms with Gasteiger partial charge in [0.2, 0.25) is 16.9 Å². The van der Waals surface area contributed by atoms with Crippen molar-refractivity contribution in [3.05, 3.63) is 40.4 Å². The molecule has 1 atom stereocenters. The molecule has 2 aromatic rings. The van der Waals surface area contributed by atoms with Crippen molar-refractivity contribution in [3.63, 3.8) is 0 Å². The Kier molecular flexibility index (Phi) is 5.55. The maximum Gasteiger partial charge on any atom is 0.261 e. The van der Waals surface area contributed by atoms with Crippen LogP contribution in [0.2, 0.25) is 0 Å². The van der Waals surface area contributed by atoms with Crippen LogP contribution in [0.15, 0.2) is 24.3 Å². The predicted octanol–water partition coefficient (Wildman–Crippen LogP) is 0.768. The molecule has 0 bridgehead atoms. The topological polar surface area (TPSA) is 122 Å². The number of carbonyl (C=O) groups excluding carboxylic acids is 4. The molecule has 1 N–H and O–H groups in total. The maximum absolute atomic E-state index is 12.5. The number of hydrogen-bond acceptors (Lipinski definition) is 8. The summed E-state index contributed by atoms with van der Waals surface area (Å²) in [5, 5.41) is 11.3. The third kappa shape index (κ3) is 3.81. The summed E-state index contributed by atoms with van der Waals surface area (Å²) >= 11 is 1.09. The van der Waals surface area contributed by atoms with Crippen molar-refractivity contribution in [2.45, 2.75) is 13.0 Å². The summed E-state index contributed by atoms with van der Waals surface area (Å²) in [5.41, 5.74) is 0.730. The van der Waals surface area contributed by atoms with Crippen LogP contribution in [0.3, 0.4) is 0 Å². The Morgan fingerprint density at radius 1 is 1.20 bits per heavy atom. The molecule has 2 aliphatic heterocycles. The van der Waals surface area contributed by atoms with Gasteiger partial charge in [-0.15, -0.1) is 10.2 Å². The second-order valence-corrected chi connectivity index (χ2v) is 8.03. The molecule has 3 heterocycles. The van der Waals surface area contributed by atoms with Crippen molar-refractivity contribution < 1.29 is 23.9 Å². The Morgan fingerprint density at radius 3 is 2.57 bits per heavy atom. The van der Waals surface area contributed by atoms with Crippen LogP contribution in [-0.2, 0) is 20.9 Å². The molecule has 1 saturated heterocycles. The molecule has 1 fully saturated rings. The van der Waals surface area contributed by atoms with E-state index < -0.39 is 5.92 Å². The lowest BCUT2D eigenvalue weighted by atomic mass is 10.1. The van der Waals surface area contributed by atoms with E-state index in [-0.39, 0.29) is 41.7 Å². The number of imide groups is 1. The molecule has 156 valence electrons. The van der Waals surface area contributed by atoms with Crippen LogP contribution in [0.4, 0.5) is 5.13 Å². The summed E-state index contributed by atoms with van der Waals surface area (Å²) in [6.07, 6.45) is 0.135. The number of fused-ring (bicyclic) bond motifs is 1. The van der Waals surface area contributed by atoms with Crippen LogP contribution in [0.25, 0.3) is 0 Å². The second-order valence-electron chi connectivity index (χ2n) is 6.97. The number of benzene rings is 1. The summed E-state index contributed by atoms with van der Waals surface area (Å²) in [7, 11) is 1.56. The van der Waals surface area contributed by atoms with Crippen molar-refractivity contribution in [2.24, 2.45) is 5.92 Å². The van der Waals surface area contributed by atoms with E-state index in [4.69, 9.17) is 4.74 Å². The Balaban J connectivity index is 1.36. The Labute approximate surface area is 175 Å². The van der Waals surface area contributed by atoms with E-state index in [1.807, 2.05) is 0 Å². The fourth-order valence-corrected chi connectivity index (χ4v) is 4.19. The molecule has 1 aromatic carbocycles. The van der Waals surface area contributed by atoms with Gasteiger partial charge in [0.1, 0.15) is 5.01 Å². The van der Waals surface area contributed by atoms with Gasteiger partial charge in [-0.3, -0.25) is 24.1 Å². The van der Waals surface area contributed by atoms with Gasteiger partial charge >= 0.3 is 0 Å². The molecule has 11 heteroatoms. The van der Waals surface area contributed by atoms with Crippen LogP contribution in [0, 0.1) is 5.92 Å². The standard InChI is InChI=1S/C19H19N5O5S/c1-29-7-6-23-9-11(8-15(23)25)16(26)20-19-22-21-14(30-19)10-24-17(27)12-4-2-3-5-13(12)18(24)28/h2-5,11H,6-10H2,1H3,(H,20,22,26). The molecule has 1 unspecified atom stereocenters. The van der Waals surface area contributed by atoms with Gasteiger partial charge in [0.05, 0.1) is 30.2 Å². The lowest BCUT2D eigenvalue weighted by Gasteiger charge is -2.15. The molecule has 2 aliphatic rings. The number of rotatable bonds is 7. The van der Waals surface area contributed by atoms with Gasteiger partial charge in [-0.05, 0) is 12.1 Å². The third-order valence-corrected chi connectivity index (χ3v) is 5.84. The van der Waals surface area contributed by atoms with Gasteiger partial charge in [0.15, 0.2) is 0 Å². The molecule has 10 nitrogen and oxygen atoms in total. The Hall–Kier alpha value is -3.18. The van der Waals surface area contributed by atoms with E-state index in [0.29, 0.717) is 35.8 Å². The van der Waals surface area contributed by atoms with Crippen molar-refractivity contribution in [2.75, 3.05) is 32.1 Å². The number of aromatic nitrogens is 2. The van der Waals surface area contributed by atoms with Crippen LogP contribution < -0.4 is 5.32 Å². The summed E-state index contributed by atoms with van der Waals surface area (Å²) in [6, 6.07) is 6.63. The SMILES string of the molecule is COCCN1CC(C(=O)Nc2nnc(CN3C(=O)c4ccccc4C3=O)s2)CC1=O. The largest absolute Gasteiger partial charge is 0.383 e. The number of amides is 4. The average molecular weight is 429 g/mol. The number of ether oxygens (including phenoxy) is 1. The molecule has 0 aliphatic carbocycles. The number of nitrogens with one attached hydrogen (secondary N) is 1. The van der Waals surface area contributed by atoms with Gasteiger partial charge < -0.3 is 15.0 Å². The van der Waals surface area contributed by atoms with Crippen LogP contribution in [-0.4, -0.2) is 70.4 Å². The first-order chi connectivity index (χ1) is 14.5. The average Bonchev–Trinajstić information content (AvgIpc) is 3.41. The van der Waals surface area contributed by atoms with Crippen molar-refractivity contribution in [1.82, 2.24) is 20.0 Å². The van der Waals surface area contributed by atoms with Crippen molar-refractivity contribution in [3.8, 4) is 0 Å². The van der Waals surface area contributed by atoms with Gasteiger partial charge in [0.25, 0.3) is 11.8 Å². The quantitative estimate of drug-likeness (QED) is 0.645. The molecular weight excluding hydrogens is 410 g/mol. The fraction of sp³-hybridized carbons (Fsp3) is 0.368. The van der Waals surface area contributed by atoms with Gasteiger partial charge in [-0.25, -0.2) is 0 Å². The highest BCUT2D eigenvalue weighted by atomic mass is 32.1. The first-order valence-electron chi connectivity index (χ1n) is 9.33. The molecule has 0 radical (unpaired) electrons. The van der Waals surface area contributed by atoms with E-state index in [1.54, 1.807) is 36.3 Å². The Morgan fingerprint density at radius 2 is 1.90 bits per heavy atom. The van der Waals surface area contributed by atoms with Crippen molar-refractivity contribution in [1.29, 1.82) is 0 Å². The van der Waals surface area contributed by atoms with E-state index in [1.165, 1.54) is 0 Å². The molecule has 4 amide bonds. The second kappa shape index (κ2) is 8.28. The minimum Gasteiger partial charge on any atom is -0.383 e. The molecule has 30 heavy (non-hydrogen) atoms. The number of nitrogens with zero attached hydrogens (tertiary/aromatic N) is 4. The lowest BCUT2D eigenvalue weighted by Crippen LogP contribution is -2.30. The van der Waals surface area contributed by atoms with E-state index in [2.05, 4.69) is 15.5 Å². The minimum atomic E-state index is -0.474. The first-order valence-corrected chi connectivity index (χ1v) is 10.1. The molecular formula is C19H19N5O5S. The summed E-state index contributed by atoms with van der Waals surface area (Å²) in [5.74, 6) is -1.63. The van der Waals surface area contributed by atoms with E-state index in [0.717, 1.165) is 16.2 Å². The minimum absolute atomic E-state index is 0.0212. The highest BCUT2D eigenvalue weighted by Crippen LogP contribution is 2.26. The van der Waals surface area contributed by atoms with Gasteiger partial charge in [-0.2, -0.15) is 0 Å². The van der Waals surface area contributed by atoms with Crippen molar-refractivity contribution >= 4 is 40.1 Å². The molecule has 0 spiro atoms. The van der Waals surface area contributed by atoms with Crippen LogP contribution in [0.1, 0.15) is 32.1 Å². The zero-order valence-electron chi connectivity index (χ0n) is 16.2. The summed E-state index contributed by atoms with van der Waals surface area (Å²) in [6.45, 7) is 1.17. The zero-order chi connectivity index (χ0) is 21.3. The number of carbonyl (C=O) groups is 4. The zero-order valence-corrected chi connectivity index (χ0v) is 17.0. The Bertz CT molecular complexity index is 987. The maximum atomic E-state index is 12.5. The smallest absolute Gasteiger partial charge is 0.261 e. The first kappa shape index (κ1) is 20.1. The third-order valence-electron chi connectivity index (χ3n) is 5.02. The van der Waals surface area contributed by atoms with Gasteiger partial charge in [-0.1, -0.05) is 23.5 Å². The van der Waals surface area contributed by atoms with Gasteiger partial charge in [0, 0.05) is 26.6 Å². The molecule has 0 saturated carbocycles. The fourth-order valence-electron chi connectivity index (χ4n) is 3.46.